The molecule has 0 saturated carbocycles. The largest absolute Gasteiger partial charge is 0.490 e. The molecule has 3 aliphatic heterocycles. The summed E-state index contributed by atoms with van der Waals surface area (Å²) in [6.07, 6.45) is 3.77. The van der Waals surface area contributed by atoms with Gasteiger partial charge in [-0.15, -0.1) is 0 Å². The standard InChI is InChI=1S/C17H26N4O2.C2HF3O2/c1-19-11-14(10-18-19)12-20-7-5-17(13-20)9-15(4-8-23-17)21-6-2-3-16(21)22;3-2(4,5)1(6)7/h10-11,15H,2-9,12-13H2,1H3;(H,6,7)/t15-,17-;/m1./s1. The van der Waals surface area contributed by atoms with E-state index in [4.69, 9.17) is 14.6 Å². The molecular formula is C19H27F3N4O4. The predicted molar refractivity (Wildman–Crippen MR) is 99.4 cm³/mol. The summed E-state index contributed by atoms with van der Waals surface area (Å²) in [7, 11) is 1.96. The molecule has 8 nitrogen and oxygen atoms in total. The second kappa shape index (κ2) is 8.93. The zero-order valence-electron chi connectivity index (χ0n) is 16.9. The summed E-state index contributed by atoms with van der Waals surface area (Å²) in [6, 6.07) is 0.386. The minimum Gasteiger partial charge on any atom is -0.475 e. The number of ether oxygens (including phenoxy) is 1. The van der Waals surface area contributed by atoms with Crippen molar-refractivity contribution in [2.24, 2.45) is 7.05 Å². The number of hydrogen-bond acceptors (Lipinski definition) is 5. The molecule has 1 spiro atoms. The van der Waals surface area contributed by atoms with Crippen molar-refractivity contribution in [3.63, 3.8) is 0 Å². The van der Waals surface area contributed by atoms with Crippen LogP contribution in [-0.4, -0.2) is 80.6 Å². The van der Waals surface area contributed by atoms with E-state index in [1.165, 1.54) is 5.56 Å². The molecule has 2 atom stereocenters. The van der Waals surface area contributed by atoms with Gasteiger partial charge in [-0.1, -0.05) is 0 Å². The second-order valence-electron chi connectivity index (χ2n) is 8.15. The fourth-order valence-corrected chi connectivity index (χ4v) is 4.48. The molecule has 30 heavy (non-hydrogen) atoms. The number of rotatable bonds is 3. The van der Waals surface area contributed by atoms with E-state index in [9.17, 15) is 18.0 Å². The molecule has 0 bridgehead atoms. The molecule has 1 N–H and O–H groups in total. The van der Waals surface area contributed by atoms with Crippen LogP contribution in [0.25, 0.3) is 0 Å². The summed E-state index contributed by atoms with van der Waals surface area (Å²) in [5.41, 5.74) is 1.21. The molecule has 11 heteroatoms. The molecule has 1 aromatic rings. The fraction of sp³-hybridized carbons (Fsp3) is 0.737. The van der Waals surface area contributed by atoms with E-state index in [1.807, 2.05) is 17.9 Å². The molecule has 168 valence electrons. The van der Waals surface area contributed by atoms with Crippen molar-refractivity contribution in [3.8, 4) is 0 Å². The van der Waals surface area contributed by atoms with Crippen LogP contribution in [0.5, 0.6) is 0 Å². The average Bonchev–Trinajstić information content (AvgIpc) is 3.37. The highest BCUT2D eigenvalue weighted by molar-refractivity contribution is 5.78. The highest BCUT2D eigenvalue weighted by atomic mass is 19.4. The molecule has 0 unspecified atom stereocenters. The summed E-state index contributed by atoms with van der Waals surface area (Å²) >= 11 is 0. The summed E-state index contributed by atoms with van der Waals surface area (Å²) in [5.74, 6) is -2.41. The van der Waals surface area contributed by atoms with Crippen LogP contribution in [0, 0.1) is 0 Å². The lowest BCUT2D eigenvalue weighted by Crippen LogP contribution is -2.50. The van der Waals surface area contributed by atoms with Gasteiger partial charge in [0.2, 0.25) is 5.91 Å². The van der Waals surface area contributed by atoms with Crippen LogP contribution in [0.15, 0.2) is 12.4 Å². The highest BCUT2D eigenvalue weighted by Crippen LogP contribution is 2.37. The molecule has 0 radical (unpaired) electrons. The first-order valence-corrected chi connectivity index (χ1v) is 10.0. The number of amides is 1. The maximum Gasteiger partial charge on any atom is 0.490 e. The van der Waals surface area contributed by atoms with Gasteiger partial charge in [-0.2, -0.15) is 18.3 Å². The number of halogens is 3. The maximum absolute atomic E-state index is 12.1. The SMILES string of the molecule is Cn1cc(CN2CC[C@@]3(C[C@H](N4CCCC4=O)CCO3)C2)cn1.O=C(O)C(F)(F)F. The summed E-state index contributed by atoms with van der Waals surface area (Å²) in [4.78, 5) is 25.5. The third kappa shape index (κ3) is 5.51. The number of nitrogens with zero attached hydrogens (tertiary/aromatic N) is 4. The zero-order chi connectivity index (χ0) is 21.9. The number of carboxylic acid groups (broad SMARTS) is 1. The van der Waals surface area contributed by atoms with E-state index < -0.39 is 12.1 Å². The van der Waals surface area contributed by atoms with Crippen LogP contribution in [-0.2, 0) is 27.9 Å². The number of carbonyl (C=O) groups excluding carboxylic acids is 1. The molecule has 1 aromatic heterocycles. The van der Waals surface area contributed by atoms with Crippen LogP contribution in [0.2, 0.25) is 0 Å². The molecule has 3 saturated heterocycles. The Morgan fingerprint density at radius 1 is 1.40 bits per heavy atom. The Morgan fingerprint density at radius 2 is 2.13 bits per heavy atom. The molecule has 4 heterocycles. The molecule has 3 fully saturated rings. The van der Waals surface area contributed by atoms with E-state index in [1.54, 1.807) is 0 Å². The van der Waals surface area contributed by atoms with Gasteiger partial charge in [0.1, 0.15) is 0 Å². The van der Waals surface area contributed by atoms with Crippen LogP contribution >= 0.6 is 0 Å². The van der Waals surface area contributed by atoms with Gasteiger partial charge < -0.3 is 14.7 Å². The minimum absolute atomic E-state index is 0.0476. The Morgan fingerprint density at radius 3 is 2.70 bits per heavy atom. The average molecular weight is 432 g/mol. The van der Waals surface area contributed by atoms with Gasteiger partial charge in [0.05, 0.1) is 11.8 Å². The van der Waals surface area contributed by atoms with Crippen molar-refractivity contribution in [1.82, 2.24) is 19.6 Å². The zero-order valence-corrected chi connectivity index (χ0v) is 16.9. The molecule has 0 aromatic carbocycles. The number of aromatic nitrogens is 2. The smallest absolute Gasteiger partial charge is 0.475 e. The van der Waals surface area contributed by atoms with Crippen molar-refractivity contribution in [3.05, 3.63) is 18.0 Å². The summed E-state index contributed by atoms with van der Waals surface area (Å²) in [5, 5.41) is 11.4. The Balaban J connectivity index is 0.000000318. The molecule has 0 aliphatic carbocycles. The van der Waals surface area contributed by atoms with Gasteiger partial charge in [-0.25, -0.2) is 4.79 Å². The second-order valence-corrected chi connectivity index (χ2v) is 8.15. The van der Waals surface area contributed by atoms with Crippen molar-refractivity contribution in [1.29, 1.82) is 0 Å². The number of carbonyl (C=O) groups is 2. The van der Waals surface area contributed by atoms with E-state index in [2.05, 4.69) is 21.1 Å². The number of alkyl halides is 3. The highest BCUT2D eigenvalue weighted by Gasteiger charge is 2.45. The van der Waals surface area contributed by atoms with Crippen LogP contribution in [0.3, 0.4) is 0 Å². The Labute approximate surface area is 172 Å². The quantitative estimate of drug-likeness (QED) is 0.784. The van der Waals surface area contributed by atoms with Gasteiger partial charge in [0, 0.05) is 64.1 Å². The Kier molecular flexibility index (Phi) is 6.71. The van der Waals surface area contributed by atoms with Crippen molar-refractivity contribution in [2.45, 2.75) is 56.5 Å². The Hall–Kier alpha value is -2.14. The first kappa shape index (κ1) is 22.5. The maximum atomic E-state index is 12.1. The van der Waals surface area contributed by atoms with Gasteiger partial charge in [0.25, 0.3) is 0 Å². The number of carboxylic acids is 1. The number of aryl methyl sites for hydroxylation is 1. The van der Waals surface area contributed by atoms with Gasteiger partial charge in [-0.3, -0.25) is 14.4 Å². The number of hydrogen-bond donors (Lipinski definition) is 1. The Bertz CT molecular complexity index is 769. The third-order valence-electron chi connectivity index (χ3n) is 5.82. The summed E-state index contributed by atoms with van der Waals surface area (Å²) < 4.78 is 39.8. The van der Waals surface area contributed by atoms with Crippen molar-refractivity contribution < 1.29 is 32.6 Å². The van der Waals surface area contributed by atoms with Gasteiger partial charge in [-0.05, 0) is 25.7 Å². The molecule has 4 rings (SSSR count). The van der Waals surface area contributed by atoms with Gasteiger partial charge >= 0.3 is 12.1 Å². The van der Waals surface area contributed by atoms with Crippen LogP contribution in [0.1, 0.15) is 37.7 Å². The lowest BCUT2D eigenvalue weighted by Gasteiger charge is -2.41. The third-order valence-corrected chi connectivity index (χ3v) is 5.82. The van der Waals surface area contributed by atoms with Crippen LogP contribution < -0.4 is 0 Å². The van der Waals surface area contributed by atoms with E-state index >= 15 is 0 Å². The lowest BCUT2D eigenvalue weighted by molar-refractivity contribution is -0.192. The first-order chi connectivity index (χ1) is 14.1. The van der Waals surface area contributed by atoms with E-state index in [-0.39, 0.29) is 5.60 Å². The van der Waals surface area contributed by atoms with Crippen molar-refractivity contribution in [2.75, 3.05) is 26.2 Å². The minimum atomic E-state index is -5.08. The predicted octanol–water partition coefficient (Wildman–Crippen LogP) is 1.80. The molecule has 1 amide bonds. The molecule has 3 aliphatic rings. The normalized spacial score (nSPS) is 27.4. The van der Waals surface area contributed by atoms with Crippen molar-refractivity contribution >= 4 is 11.9 Å². The van der Waals surface area contributed by atoms with Crippen LogP contribution in [0.4, 0.5) is 13.2 Å². The molecular weight excluding hydrogens is 405 g/mol. The fourth-order valence-electron chi connectivity index (χ4n) is 4.48. The lowest BCUT2D eigenvalue weighted by atomic mass is 9.89. The summed E-state index contributed by atoms with van der Waals surface area (Å²) in [6.45, 7) is 4.70. The van der Waals surface area contributed by atoms with E-state index in [0.717, 1.165) is 64.9 Å². The number of likely N-dealkylation sites (tertiary alicyclic amines) is 2. The monoisotopic (exact) mass is 432 g/mol. The van der Waals surface area contributed by atoms with E-state index in [0.29, 0.717) is 11.9 Å². The topological polar surface area (TPSA) is 87.9 Å². The number of aliphatic carboxylic acids is 1. The first-order valence-electron chi connectivity index (χ1n) is 10.0. The van der Waals surface area contributed by atoms with Gasteiger partial charge in [0.15, 0.2) is 0 Å².